The fraction of sp³-hybridized carbons (Fsp3) is 0.286. The molecular weight excluding hydrogens is 310 g/mol. The summed E-state index contributed by atoms with van der Waals surface area (Å²) in [5.74, 6) is 0.899. The predicted octanol–water partition coefficient (Wildman–Crippen LogP) is 4.04. The van der Waals surface area contributed by atoms with Gasteiger partial charge in [0.15, 0.2) is 0 Å². The van der Waals surface area contributed by atoms with Crippen LogP contribution in [0.5, 0.6) is 5.75 Å². The van der Waals surface area contributed by atoms with Gasteiger partial charge in [0, 0.05) is 43.8 Å². The molecule has 0 saturated heterocycles. The fourth-order valence-electron chi connectivity index (χ4n) is 3.45. The van der Waals surface area contributed by atoms with Gasteiger partial charge in [0.2, 0.25) is 0 Å². The number of benzene rings is 1. The summed E-state index contributed by atoms with van der Waals surface area (Å²) in [6, 6.07) is 19.1. The Hall–Kier alpha value is -2.59. The minimum atomic E-state index is 0.432. The highest BCUT2D eigenvalue weighted by atomic mass is 16.5. The van der Waals surface area contributed by atoms with E-state index in [0.717, 1.165) is 31.1 Å². The third-order valence-electron chi connectivity index (χ3n) is 4.87. The molecule has 2 aromatic heterocycles. The van der Waals surface area contributed by atoms with Crippen molar-refractivity contribution >= 4 is 0 Å². The van der Waals surface area contributed by atoms with Crippen molar-refractivity contribution in [3.05, 3.63) is 83.9 Å². The van der Waals surface area contributed by atoms with Gasteiger partial charge in [-0.15, -0.1) is 0 Å². The van der Waals surface area contributed by atoms with Gasteiger partial charge in [-0.3, -0.25) is 9.88 Å². The van der Waals surface area contributed by atoms with Crippen molar-refractivity contribution in [2.24, 2.45) is 0 Å². The van der Waals surface area contributed by atoms with Crippen LogP contribution in [0.15, 0.2) is 67.0 Å². The molecular formula is C21H23N3O. The van der Waals surface area contributed by atoms with Crippen molar-refractivity contribution in [3.63, 3.8) is 0 Å². The minimum absolute atomic E-state index is 0.432. The van der Waals surface area contributed by atoms with E-state index < -0.39 is 0 Å². The molecule has 1 atom stereocenters. The Kier molecular flexibility index (Phi) is 4.53. The molecule has 0 fully saturated rings. The normalized spacial score (nSPS) is 17.2. The predicted molar refractivity (Wildman–Crippen MR) is 98.3 cm³/mol. The Morgan fingerprint density at radius 1 is 1.08 bits per heavy atom. The van der Waals surface area contributed by atoms with E-state index in [1.807, 2.05) is 24.3 Å². The number of aromatic nitrogens is 2. The Bertz CT molecular complexity index is 828. The van der Waals surface area contributed by atoms with E-state index in [1.165, 1.54) is 11.3 Å². The summed E-state index contributed by atoms with van der Waals surface area (Å²) in [7, 11) is 0. The first-order chi connectivity index (χ1) is 12.3. The van der Waals surface area contributed by atoms with Crippen LogP contribution in [0, 0.1) is 0 Å². The summed E-state index contributed by atoms with van der Waals surface area (Å²) in [5.41, 5.74) is 3.62. The molecule has 4 rings (SSSR count). The van der Waals surface area contributed by atoms with Crippen LogP contribution < -0.4 is 4.74 Å². The molecule has 3 aromatic rings. The van der Waals surface area contributed by atoms with Gasteiger partial charge in [-0.2, -0.15) is 0 Å². The molecule has 4 nitrogen and oxygen atoms in total. The maximum atomic E-state index is 5.91. The lowest BCUT2D eigenvalue weighted by Gasteiger charge is -2.35. The molecule has 0 amide bonds. The van der Waals surface area contributed by atoms with Crippen molar-refractivity contribution in [3.8, 4) is 5.75 Å². The van der Waals surface area contributed by atoms with Gasteiger partial charge >= 0.3 is 0 Å². The first-order valence-corrected chi connectivity index (χ1v) is 8.80. The maximum Gasteiger partial charge on any atom is 0.130 e. The van der Waals surface area contributed by atoms with Crippen molar-refractivity contribution in [2.75, 3.05) is 6.54 Å². The lowest BCUT2D eigenvalue weighted by Crippen LogP contribution is -2.35. The smallest absolute Gasteiger partial charge is 0.130 e. The number of fused-ring (bicyclic) bond motifs is 1. The Morgan fingerprint density at radius 2 is 2.04 bits per heavy atom. The average Bonchev–Trinajstić information content (AvgIpc) is 3.13. The van der Waals surface area contributed by atoms with Gasteiger partial charge in [-0.1, -0.05) is 18.2 Å². The van der Waals surface area contributed by atoms with Crippen LogP contribution >= 0.6 is 0 Å². The Labute approximate surface area is 148 Å². The molecule has 0 spiro atoms. The first kappa shape index (κ1) is 15.9. The summed E-state index contributed by atoms with van der Waals surface area (Å²) >= 11 is 0. The molecule has 1 unspecified atom stereocenters. The van der Waals surface area contributed by atoms with E-state index in [9.17, 15) is 0 Å². The summed E-state index contributed by atoms with van der Waals surface area (Å²) in [4.78, 5) is 6.82. The first-order valence-electron chi connectivity index (χ1n) is 8.80. The van der Waals surface area contributed by atoms with Gasteiger partial charge in [-0.25, -0.2) is 0 Å². The molecule has 128 valence electrons. The number of pyridine rings is 1. The highest BCUT2D eigenvalue weighted by molar-refractivity contribution is 5.29. The average molecular weight is 333 g/mol. The van der Waals surface area contributed by atoms with Gasteiger partial charge in [0.05, 0.1) is 5.69 Å². The van der Waals surface area contributed by atoms with Crippen molar-refractivity contribution in [2.45, 2.75) is 32.7 Å². The van der Waals surface area contributed by atoms with E-state index in [0.29, 0.717) is 12.6 Å². The van der Waals surface area contributed by atoms with E-state index in [-0.39, 0.29) is 0 Å². The monoisotopic (exact) mass is 333 g/mol. The summed E-state index contributed by atoms with van der Waals surface area (Å²) in [6.07, 6.45) is 3.97. The zero-order valence-electron chi connectivity index (χ0n) is 14.5. The quantitative estimate of drug-likeness (QED) is 0.706. The molecule has 0 bridgehead atoms. The lowest BCUT2D eigenvalue weighted by molar-refractivity contribution is 0.160. The molecule has 0 radical (unpaired) electrons. The highest BCUT2D eigenvalue weighted by Crippen LogP contribution is 2.27. The molecule has 1 aliphatic rings. The lowest BCUT2D eigenvalue weighted by atomic mass is 10.1. The molecule has 0 aliphatic carbocycles. The number of rotatable bonds is 5. The summed E-state index contributed by atoms with van der Waals surface area (Å²) in [6.45, 7) is 5.85. The van der Waals surface area contributed by atoms with E-state index in [4.69, 9.17) is 4.74 Å². The molecule has 4 heteroatoms. The largest absolute Gasteiger partial charge is 0.487 e. The van der Waals surface area contributed by atoms with Gasteiger partial charge in [0.1, 0.15) is 12.4 Å². The highest BCUT2D eigenvalue weighted by Gasteiger charge is 2.23. The van der Waals surface area contributed by atoms with Crippen LogP contribution in [0.3, 0.4) is 0 Å². The molecule has 1 aliphatic heterocycles. The van der Waals surface area contributed by atoms with Crippen molar-refractivity contribution < 1.29 is 4.74 Å². The van der Waals surface area contributed by atoms with Gasteiger partial charge < -0.3 is 9.30 Å². The van der Waals surface area contributed by atoms with Crippen LogP contribution in [-0.4, -0.2) is 21.0 Å². The van der Waals surface area contributed by atoms with Gasteiger partial charge in [0.25, 0.3) is 0 Å². The molecule has 1 aromatic carbocycles. The number of nitrogens with zero attached hydrogens (tertiary/aromatic N) is 3. The van der Waals surface area contributed by atoms with Crippen molar-refractivity contribution in [1.82, 2.24) is 14.5 Å². The Balaban J connectivity index is 1.42. The number of hydrogen-bond acceptors (Lipinski definition) is 3. The molecule has 0 N–H and O–H groups in total. The van der Waals surface area contributed by atoms with E-state index >= 15 is 0 Å². The second kappa shape index (κ2) is 7.11. The number of ether oxygens (including phenoxy) is 1. The van der Waals surface area contributed by atoms with Gasteiger partial charge in [-0.05, 0) is 48.9 Å². The summed E-state index contributed by atoms with van der Waals surface area (Å²) < 4.78 is 8.26. The topological polar surface area (TPSA) is 30.3 Å². The Morgan fingerprint density at radius 3 is 2.92 bits per heavy atom. The van der Waals surface area contributed by atoms with Crippen LogP contribution in [0.1, 0.15) is 29.9 Å². The number of hydrogen-bond donors (Lipinski definition) is 0. The van der Waals surface area contributed by atoms with Crippen molar-refractivity contribution in [1.29, 1.82) is 0 Å². The molecule has 25 heavy (non-hydrogen) atoms. The van der Waals surface area contributed by atoms with Crippen LogP contribution in [-0.2, 0) is 19.7 Å². The molecule has 3 heterocycles. The maximum absolute atomic E-state index is 5.91. The van der Waals surface area contributed by atoms with E-state index in [1.54, 1.807) is 6.20 Å². The summed E-state index contributed by atoms with van der Waals surface area (Å²) in [5, 5.41) is 0. The van der Waals surface area contributed by atoms with Crippen LogP contribution in [0.25, 0.3) is 0 Å². The minimum Gasteiger partial charge on any atom is -0.487 e. The second-order valence-corrected chi connectivity index (χ2v) is 6.53. The third-order valence-corrected chi connectivity index (χ3v) is 4.87. The second-order valence-electron chi connectivity index (χ2n) is 6.53. The SMILES string of the molecule is CC1c2cccn2CCN1Cc1cccc(OCc2ccccn2)c1. The fourth-order valence-corrected chi connectivity index (χ4v) is 3.45. The zero-order valence-corrected chi connectivity index (χ0v) is 14.5. The standard InChI is InChI=1S/C21H23N3O/c1-17-21-9-5-11-23(21)12-13-24(17)15-18-6-4-8-20(14-18)25-16-19-7-2-3-10-22-19/h2-11,14,17H,12-13,15-16H2,1H3. The van der Waals surface area contributed by atoms with E-state index in [2.05, 4.69) is 57.9 Å². The third kappa shape index (κ3) is 3.59. The zero-order chi connectivity index (χ0) is 17.1. The van der Waals surface area contributed by atoms with Crippen LogP contribution in [0.2, 0.25) is 0 Å². The van der Waals surface area contributed by atoms with Crippen LogP contribution in [0.4, 0.5) is 0 Å². The molecule has 0 saturated carbocycles.